The zero-order chi connectivity index (χ0) is 13.5. The Morgan fingerprint density at radius 3 is 2.68 bits per heavy atom. The Bertz CT molecular complexity index is 603. The summed E-state index contributed by atoms with van der Waals surface area (Å²) in [5.74, 6) is -0.926. The van der Waals surface area contributed by atoms with Crippen LogP contribution < -0.4 is 5.73 Å². The van der Waals surface area contributed by atoms with Crippen molar-refractivity contribution in [3.05, 3.63) is 40.2 Å². The first-order valence-corrected chi connectivity index (χ1v) is 7.17. The predicted molar refractivity (Wildman–Crippen MR) is 71.8 cm³/mol. The molecule has 5 heteroatoms. The fourth-order valence-corrected chi connectivity index (χ4v) is 3.53. The third-order valence-corrected chi connectivity index (χ3v) is 4.69. The van der Waals surface area contributed by atoms with Crippen molar-refractivity contribution in [1.82, 2.24) is 4.98 Å². The highest BCUT2D eigenvalue weighted by Gasteiger charge is 2.34. The Labute approximate surface area is 114 Å². The molecule has 0 amide bonds. The van der Waals surface area contributed by atoms with Crippen molar-refractivity contribution < 1.29 is 8.78 Å². The van der Waals surface area contributed by atoms with Crippen LogP contribution >= 0.6 is 11.3 Å². The van der Waals surface area contributed by atoms with Gasteiger partial charge in [-0.15, -0.1) is 11.3 Å². The molecular formula is C14H14F2N2S. The van der Waals surface area contributed by atoms with Gasteiger partial charge in [0.05, 0.1) is 11.2 Å². The van der Waals surface area contributed by atoms with Crippen LogP contribution in [0.4, 0.5) is 8.78 Å². The zero-order valence-corrected chi connectivity index (χ0v) is 11.1. The molecule has 100 valence electrons. The van der Waals surface area contributed by atoms with Gasteiger partial charge in [-0.05, 0) is 31.0 Å². The van der Waals surface area contributed by atoms with E-state index in [0.717, 1.165) is 42.8 Å². The van der Waals surface area contributed by atoms with E-state index in [4.69, 9.17) is 5.73 Å². The molecule has 0 saturated heterocycles. The first kappa shape index (κ1) is 12.7. The van der Waals surface area contributed by atoms with E-state index in [9.17, 15) is 8.78 Å². The van der Waals surface area contributed by atoms with Crippen LogP contribution in [0.15, 0.2) is 23.6 Å². The Hall–Kier alpha value is -1.33. The number of benzene rings is 1. The molecule has 1 aromatic heterocycles. The Kier molecular flexibility index (Phi) is 3.11. The topological polar surface area (TPSA) is 38.9 Å². The largest absolute Gasteiger partial charge is 0.319 e. The van der Waals surface area contributed by atoms with Crippen molar-refractivity contribution in [2.45, 2.75) is 31.2 Å². The van der Waals surface area contributed by atoms with E-state index in [1.807, 2.05) is 0 Å². The molecule has 0 radical (unpaired) electrons. The first-order chi connectivity index (χ1) is 9.08. The van der Waals surface area contributed by atoms with E-state index in [2.05, 4.69) is 4.98 Å². The van der Waals surface area contributed by atoms with Crippen LogP contribution in [0.1, 0.15) is 30.7 Å². The lowest BCUT2D eigenvalue weighted by Crippen LogP contribution is -2.32. The summed E-state index contributed by atoms with van der Waals surface area (Å²) in [6, 6.07) is 3.40. The maximum Gasteiger partial charge on any atom is 0.132 e. The monoisotopic (exact) mass is 280 g/mol. The van der Waals surface area contributed by atoms with Crippen molar-refractivity contribution in [3.63, 3.8) is 0 Å². The Balaban J connectivity index is 1.99. The number of nitrogens with zero attached hydrogens (tertiary/aromatic N) is 1. The molecule has 1 saturated carbocycles. The SMILES string of the molecule is NC1(c2nc(-c3cc(F)ccc3F)cs2)CCCC1. The van der Waals surface area contributed by atoms with E-state index in [0.29, 0.717) is 5.69 Å². The molecule has 3 rings (SSSR count). The lowest BCUT2D eigenvalue weighted by Gasteiger charge is -2.19. The molecule has 1 aliphatic carbocycles. The number of hydrogen-bond donors (Lipinski definition) is 1. The molecule has 0 bridgehead atoms. The normalized spacial score (nSPS) is 17.8. The van der Waals surface area contributed by atoms with Crippen molar-refractivity contribution in [2.75, 3.05) is 0 Å². The molecule has 1 aromatic carbocycles. The minimum absolute atomic E-state index is 0.198. The van der Waals surface area contributed by atoms with E-state index < -0.39 is 11.6 Å². The summed E-state index contributed by atoms with van der Waals surface area (Å²) in [6.07, 6.45) is 4.01. The molecular weight excluding hydrogens is 266 g/mol. The Morgan fingerprint density at radius 1 is 1.21 bits per heavy atom. The maximum atomic E-state index is 13.7. The third kappa shape index (κ3) is 2.28. The van der Waals surface area contributed by atoms with Gasteiger partial charge in [0, 0.05) is 10.9 Å². The summed E-state index contributed by atoms with van der Waals surface area (Å²) >= 11 is 1.43. The number of hydrogen-bond acceptors (Lipinski definition) is 3. The van der Waals surface area contributed by atoms with Gasteiger partial charge in [0.15, 0.2) is 0 Å². The predicted octanol–water partition coefficient (Wildman–Crippen LogP) is 3.82. The number of nitrogens with two attached hydrogens (primary N) is 1. The summed E-state index contributed by atoms with van der Waals surface area (Å²) in [6.45, 7) is 0. The summed E-state index contributed by atoms with van der Waals surface area (Å²) in [4.78, 5) is 4.42. The van der Waals surface area contributed by atoms with Crippen molar-refractivity contribution in [1.29, 1.82) is 0 Å². The molecule has 1 aliphatic rings. The van der Waals surface area contributed by atoms with Gasteiger partial charge < -0.3 is 5.73 Å². The van der Waals surface area contributed by atoms with Crippen LogP contribution in [0.2, 0.25) is 0 Å². The number of halogens is 2. The molecule has 2 aromatic rings. The highest BCUT2D eigenvalue weighted by molar-refractivity contribution is 7.10. The molecule has 2 nitrogen and oxygen atoms in total. The van der Waals surface area contributed by atoms with E-state index in [-0.39, 0.29) is 11.1 Å². The van der Waals surface area contributed by atoms with Crippen LogP contribution in [0.3, 0.4) is 0 Å². The van der Waals surface area contributed by atoms with Crippen LogP contribution in [0, 0.1) is 11.6 Å². The minimum atomic E-state index is -0.464. The van der Waals surface area contributed by atoms with E-state index in [1.54, 1.807) is 5.38 Å². The van der Waals surface area contributed by atoms with Gasteiger partial charge in [-0.25, -0.2) is 13.8 Å². The first-order valence-electron chi connectivity index (χ1n) is 6.29. The zero-order valence-electron chi connectivity index (χ0n) is 10.3. The molecule has 1 fully saturated rings. The van der Waals surface area contributed by atoms with Crippen LogP contribution in [0.5, 0.6) is 0 Å². The summed E-state index contributed by atoms with van der Waals surface area (Å²) in [5.41, 5.74) is 6.60. The van der Waals surface area contributed by atoms with Gasteiger partial charge in [0.1, 0.15) is 16.6 Å². The second-order valence-corrected chi connectivity index (χ2v) is 5.88. The molecule has 0 spiro atoms. The lowest BCUT2D eigenvalue weighted by atomic mass is 10.0. The van der Waals surface area contributed by atoms with Crippen LogP contribution in [-0.2, 0) is 5.54 Å². The second-order valence-electron chi connectivity index (χ2n) is 5.03. The number of aromatic nitrogens is 1. The average molecular weight is 280 g/mol. The van der Waals surface area contributed by atoms with Gasteiger partial charge in [-0.3, -0.25) is 0 Å². The minimum Gasteiger partial charge on any atom is -0.319 e. The molecule has 2 N–H and O–H groups in total. The van der Waals surface area contributed by atoms with Gasteiger partial charge >= 0.3 is 0 Å². The number of thiazole rings is 1. The van der Waals surface area contributed by atoms with Crippen molar-refractivity contribution >= 4 is 11.3 Å². The number of rotatable bonds is 2. The maximum absolute atomic E-state index is 13.7. The smallest absolute Gasteiger partial charge is 0.132 e. The van der Waals surface area contributed by atoms with E-state index >= 15 is 0 Å². The highest BCUT2D eigenvalue weighted by Crippen LogP contribution is 2.39. The van der Waals surface area contributed by atoms with Gasteiger partial charge in [0.2, 0.25) is 0 Å². The molecule has 0 atom stereocenters. The quantitative estimate of drug-likeness (QED) is 0.908. The van der Waals surface area contributed by atoms with Crippen molar-refractivity contribution in [3.8, 4) is 11.3 Å². The summed E-state index contributed by atoms with van der Waals surface area (Å²) in [5, 5.41) is 2.57. The van der Waals surface area contributed by atoms with Gasteiger partial charge in [-0.1, -0.05) is 12.8 Å². The van der Waals surface area contributed by atoms with E-state index in [1.165, 1.54) is 17.4 Å². The van der Waals surface area contributed by atoms with Crippen LogP contribution in [0.25, 0.3) is 11.3 Å². The molecule has 0 aliphatic heterocycles. The molecule has 0 unspecified atom stereocenters. The Morgan fingerprint density at radius 2 is 1.95 bits per heavy atom. The third-order valence-electron chi connectivity index (χ3n) is 3.63. The summed E-state index contributed by atoms with van der Waals surface area (Å²) < 4.78 is 26.9. The second kappa shape index (κ2) is 4.65. The fraction of sp³-hybridized carbons (Fsp3) is 0.357. The average Bonchev–Trinajstić information content (AvgIpc) is 3.02. The van der Waals surface area contributed by atoms with Gasteiger partial charge in [0.25, 0.3) is 0 Å². The van der Waals surface area contributed by atoms with Crippen LogP contribution in [-0.4, -0.2) is 4.98 Å². The summed E-state index contributed by atoms with van der Waals surface area (Å²) in [7, 11) is 0. The standard InChI is InChI=1S/C14H14F2N2S/c15-9-3-4-11(16)10(7-9)12-8-19-13(18-12)14(17)5-1-2-6-14/h3-4,7-8H,1-2,5-6,17H2. The molecule has 19 heavy (non-hydrogen) atoms. The molecule has 1 heterocycles. The van der Waals surface area contributed by atoms with Crippen molar-refractivity contribution in [2.24, 2.45) is 5.73 Å². The van der Waals surface area contributed by atoms with Gasteiger partial charge in [-0.2, -0.15) is 0 Å². The highest BCUT2D eigenvalue weighted by atomic mass is 32.1. The lowest BCUT2D eigenvalue weighted by molar-refractivity contribution is 0.459. The fourth-order valence-electron chi connectivity index (χ4n) is 2.54.